The van der Waals surface area contributed by atoms with Gasteiger partial charge in [-0.1, -0.05) is 30.3 Å². The zero-order chi connectivity index (χ0) is 20.8. The van der Waals surface area contributed by atoms with Gasteiger partial charge in [0.1, 0.15) is 11.9 Å². The van der Waals surface area contributed by atoms with Crippen molar-refractivity contribution in [1.82, 2.24) is 9.80 Å². The van der Waals surface area contributed by atoms with Crippen LogP contribution < -0.4 is 4.74 Å². The molecule has 0 aliphatic carbocycles. The Kier molecular flexibility index (Phi) is 7.03. The average Bonchev–Trinajstić information content (AvgIpc) is 3.34. The standard InChI is InChI=1S/C25H32N2O3/c1-26(22-14-18-29-19-22)25(28)21-7-9-23(10-8-21)30-24-12-16-27(17-13-24)15-11-20-5-3-2-4-6-20/h2-10,22,24H,11-19H2,1H3/t22-/m1/s1. The first kappa shape index (κ1) is 20.9. The monoisotopic (exact) mass is 408 g/mol. The molecule has 2 aliphatic rings. The van der Waals surface area contributed by atoms with Gasteiger partial charge in [-0.3, -0.25) is 4.79 Å². The van der Waals surface area contributed by atoms with E-state index in [0.717, 1.165) is 57.7 Å². The quantitative estimate of drug-likeness (QED) is 0.702. The molecule has 2 aromatic rings. The molecule has 2 heterocycles. The number of nitrogens with zero attached hydrogens (tertiary/aromatic N) is 2. The topological polar surface area (TPSA) is 42.0 Å². The summed E-state index contributed by atoms with van der Waals surface area (Å²) >= 11 is 0. The molecule has 2 aromatic carbocycles. The van der Waals surface area contributed by atoms with Crippen molar-refractivity contribution in [2.75, 3.05) is 39.9 Å². The van der Waals surface area contributed by atoms with Gasteiger partial charge in [-0.15, -0.1) is 0 Å². The van der Waals surface area contributed by atoms with Gasteiger partial charge in [-0.25, -0.2) is 0 Å². The number of amides is 1. The SMILES string of the molecule is CN(C(=O)c1ccc(OC2CCN(CCc3ccccc3)CC2)cc1)[C@@H]1CCOC1. The summed E-state index contributed by atoms with van der Waals surface area (Å²) < 4.78 is 11.6. The second kappa shape index (κ2) is 10.1. The predicted octanol–water partition coefficient (Wildman–Crippen LogP) is 3.63. The van der Waals surface area contributed by atoms with Gasteiger partial charge in [-0.05, 0) is 55.5 Å². The van der Waals surface area contributed by atoms with Gasteiger partial charge < -0.3 is 19.3 Å². The van der Waals surface area contributed by atoms with E-state index in [2.05, 4.69) is 35.2 Å². The van der Waals surface area contributed by atoms with E-state index in [-0.39, 0.29) is 18.1 Å². The van der Waals surface area contributed by atoms with Crippen molar-refractivity contribution in [2.45, 2.75) is 37.8 Å². The van der Waals surface area contributed by atoms with Crippen LogP contribution in [0.2, 0.25) is 0 Å². The zero-order valence-electron chi connectivity index (χ0n) is 17.8. The molecule has 0 N–H and O–H groups in total. The Bertz CT molecular complexity index is 795. The van der Waals surface area contributed by atoms with Crippen LogP contribution in [0.5, 0.6) is 5.75 Å². The van der Waals surface area contributed by atoms with Gasteiger partial charge in [0.2, 0.25) is 0 Å². The summed E-state index contributed by atoms with van der Waals surface area (Å²) in [6.07, 6.45) is 4.34. The third-order valence-corrected chi connectivity index (χ3v) is 6.27. The van der Waals surface area contributed by atoms with E-state index in [9.17, 15) is 4.79 Å². The van der Waals surface area contributed by atoms with Crippen molar-refractivity contribution in [3.8, 4) is 5.75 Å². The van der Waals surface area contributed by atoms with E-state index >= 15 is 0 Å². The lowest BCUT2D eigenvalue weighted by atomic mass is 10.1. The molecule has 0 saturated carbocycles. The first-order chi connectivity index (χ1) is 14.7. The number of likely N-dealkylation sites (tertiary alicyclic amines) is 1. The van der Waals surface area contributed by atoms with Gasteiger partial charge in [0.05, 0.1) is 12.6 Å². The molecule has 0 radical (unpaired) electrons. The fraction of sp³-hybridized carbons (Fsp3) is 0.480. The molecule has 30 heavy (non-hydrogen) atoms. The third kappa shape index (κ3) is 5.41. The number of benzene rings is 2. The maximum Gasteiger partial charge on any atom is 0.253 e. The number of hydrogen-bond donors (Lipinski definition) is 0. The smallest absolute Gasteiger partial charge is 0.253 e. The van der Waals surface area contributed by atoms with Gasteiger partial charge in [0.25, 0.3) is 5.91 Å². The molecule has 1 amide bonds. The Labute approximate surface area is 179 Å². The zero-order valence-corrected chi connectivity index (χ0v) is 17.8. The molecule has 0 spiro atoms. The molecule has 0 unspecified atom stereocenters. The Morgan fingerprint density at radius 2 is 1.80 bits per heavy atom. The second-order valence-electron chi connectivity index (χ2n) is 8.35. The summed E-state index contributed by atoms with van der Waals surface area (Å²) in [5, 5.41) is 0. The van der Waals surface area contributed by atoms with Gasteiger partial charge >= 0.3 is 0 Å². The van der Waals surface area contributed by atoms with Crippen LogP contribution in [0.4, 0.5) is 0 Å². The number of hydrogen-bond acceptors (Lipinski definition) is 4. The van der Waals surface area contributed by atoms with Gasteiger partial charge in [0, 0.05) is 38.9 Å². The van der Waals surface area contributed by atoms with Crippen LogP contribution in [0.25, 0.3) is 0 Å². The van der Waals surface area contributed by atoms with E-state index in [1.54, 1.807) is 4.90 Å². The van der Waals surface area contributed by atoms with Crippen molar-refractivity contribution < 1.29 is 14.3 Å². The number of ether oxygens (including phenoxy) is 2. The third-order valence-electron chi connectivity index (χ3n) is 6.27. The maximum atomic E-state index is 12.7. The van der Waals surface area contributed by atoms with E-state index in [1.807, 2.05) is 31.3 Å². The molecule has 4 rings (SSSR count). The molecule has 0 aromatic heterocycles. The first-order valence-electron chi connectivity index (χ1n) is 11.1. The molecule has 5 nitrogen and oxygen atoms in total. The molecule has 160 valence electrons. The minimum Gasteiger partial charge on any atom is -0.490 e. The van der Waals surface area contributed by atoms with E-state index in [0.29, 0.717) is 12.2 Å². The highest BCUT2D eigenvalue weighted by atomic mass is 16.5. The second-order valence-corrected chi connectivity index (χ2v) is 8.35. The largest absolute Gasteiger partial charge is 0.490 e. The number of carbonyl (C=O) groups is 1. The summed E-state index contributed by atoms with van der Waals surface area (Å²) in [6, 6.07) is 18.5. The summed E-state index contributed by atoms with van der Waals surface area (Å²) in [6.45, 7) is 4.62. The van der Waals surface area contributed by atoms with Crippen LogP contribution in [0, 0.1) is 0 Å². The Balaban J connectivity index is 1.22. The van der Waals surface area contributed by atoms with Crippen LogP contribution in [0.15, 0.2) is 54.6 Å². The molecule has 2 aliphatic heterocycles. The van der Waals surface area contributed by atoms with Gasteiger partial charge in [-0.2, -0.15) is 0 Å². The maximum absolute atomic E-state index is 12.7. The molecule has 1 atom stereocenters. The van der Waals surface area contributed by atoms with Crippen molar-refractivity contribution in [1.29, 1.82) is 0 Å². The Morgan fingerprint density at radius 1 is 1.07 bits per heavy atom. The molecule has 5 heteroatoms. The first-order valence-corrected chi connectivity index (χ1v) is 11.1. The summed E-state index contributed by atoms with van der Waals surface area (Å²) in [7, 11) is 1.86. The van der Waals surface area contributed by atoms with Crippen molar-refractivity contribution >= 4 is 5.91 Å². The molecular weight excluding hydrogens is 376 g/mol. The molecule has 2 fully saturated rings. The van der Waals surface area contributed by atoms with Crippen molar-refractivity contribution in [3.63, 3.8) is 0 Å². The molecular formula is C25H32N2O3. The Morgan fingerprint density at radius 3 is 2.47 bits per heavy atom. The molecule has 2 saturated heterocycles. The Hall–Kier alpha value is -2.37. The van der Waals surface area contributed by atoms with Crippen LogP contribution >= 0.6 is 0 Å². The average molecular weight is 409 g/mol. The fourth-order valence-corrected chi connectivity index (χ4v) is 4.25. The number of rotatable bonds is 7. The lowest BCUT2D eigenvalue weighted by Crippen LogP contribution is -2.39. The highest BCUT2D eigenvalue weighted by molar-refractivity contribution is 5.94. The van der Waals surface area contributed by atoms with E-state index in [1.165, 1.54) is 5.56 Å². The minimum absolute atomic E-state index is 0.0452. The van der Waals surface area contributed by atoms with Crippen LogP contribution in [-0.2, 0) is 11.2 Å². The normalized spacial score (nSPS) is 20.2. The van der Waals surface area contributed by atoms with Crippen molar-refractivity contribution in [3.05, 3.63) is 65.7 Å². The van der Waals surface area contributed by atoms with Crippen LogP contribution in [-0.4, -0.2) is 67.7 Å². The number of carbonyl (C=O) groups excluding carboxylic acids is 1. The van der Waals surface area contributed by atoms with Crippen LogP contribution in [0.3, 0.4) is 0 Å². The lowest BCUT2D eigenvalue weighted by Gasteiger charge is -2.32. The van der Waals surface area contributed by atoms with E-state index in [4.69, 9.17) is 9.47 Å². The summed E-state index contributed by atoms with van der Waals surface area (Å²) in [5.74, 6) is 0.893. The fourth-order valence-electron chi connectivity index (χ4n) is 4.25. The predicted molar refractivity (Wildman–Crippen MR) is 118 cm³/mol. The molecule has 0 bridgehead atoms. The lowest BCUT2D eigenvalue weighted by molar-refractivity contribution is 0.0711. The number of likely N-dealkylation sites (N-methyl/N-ethyl adjacent to an activating group) is 1. The van der Waals surface area contributed by atoms with E-state index < -0.39 is 0 Å². The summed E-state index contributed by atoms with van der Waals surface area (Å²) in [5.41, 5.74) is 2.10. The minimum atomic E-state index is 0.0452. The van der Waals surface area contributed by atoms with Gasteiger partial charge in [0.15, 0.2) is 0 Å². The van der Waals surface area contributed by atoms with Crippen LogP contribution in [0.1, 0.15) is 35.2 Å². The van der Waals surface area contributed by atoms with Crippen molar-refractivity contribution in [2.24, 2.45) is 0 Å². The highest BCUT2D eigenvalue weighted by Gasteiger charge is 2.25. The summed E-state index contributed by atoms with van der Waals surface area (Å²) in [4.78, 5) is 17.0. The number of piperidine rings is 1. The highest BCUT2D eigenvalue weighted by Crippen LogP contribution is 2.21.